The molecule has 0 saturated carbocycles. The number of carbonyl (C=O) groups excluding carboxylic acids is 2. The third-order valence-electron chi connectivity index (χ3n) is 4.95. The van der Waals surface area contributed by atoms with Gasteiger partial charge < -0.3 is 10.1 Å². The molecule has 1 aliphatic rings. The summed E-state index contributed by atoms with van der Waals surface area (Å²) in [4.78, 5) is 39.1. The number of hydrogen-bond donors (Lipinski definition) is 1. The number of amides is 1. The topological polar surface area (TPSA) is 94.1 Å². The number of carbonyl (C=O) groups is 2. The van der Waals surface area contributed by atoms with Gasteiger partial charge in [0.05, 0.1) is 34.1 Å². The molecular weight excluding hydrogens is 460 g/mol. The molecule has 1 aromatic carbocycles. The summed E-state index contributed by atoms with van der Waals surface area (Å²) in [5.41, 5.74) is 3.12. The molecule has 2 aromatic heterocycles. The molecule has 1 amide bonds. The van der Waals surface area contributed by atoms with Gasteiger partial charge in [0.2, 0.25) is 5.91 Å². The van der Waals surface area contributed by atoms with Crippen LogP contribution in [0.1, 0.15) is 43.5 Å². The van der Waals surface area contributed by atoms with E-state index in [1.165, 1.54) is 11.3 Å². The smallest absolute Gasteiger partial charge is 0.308 e. The lowest BCUT2D eigenvalue weighted by Crippen LogP contribution is -2.30. The summed E-state index contributed by atoms with van der Waals surface area (Å²) in [5, 5.41) is 4.09. The number of ether oxygens (including phenoxy) is 1. The minimum Gasteiger partial charge on any atom is -0.460 e. The Morgan fingerprint density at radius 2 is 1.97 bits per heavy atom. The SMILES string of the molecule is CC(C)(C)OC(=O)CCNC(=O)Cc1nc2c(s1)-c1nc(-c3ccccc3Cl)ncc1CC2. The number of nitrogens with zero attached hydrogens (tertiary/aromatic N) is 3. The van der Waals surface area contributed by atoms with Crippen molar-refractivity contribution in [1.29, 1.82) is 0 Å². The number of aryl methyl sites for hydroxylation is 2. The van der Waals surface area contributed by atoms with E-state index in [1.54, 1.807) is 0 Å². The number of rotatable bonds is 6. The van der Waals surface area contributed by atoms with Crippen LogP contribution in [-0.2, 0) is 33.6 Å². The molecule has 33 heavy (non-hydrogen) atoms. The number of esters is 1. The minimum absolute atomic E-state index is 0.131. The van der Waals surface area contributed by atoms with E-state index in [1.807, 2.05) is 51.2 Å². The number of fused-ring (bicyclic) bond motifs is 3. The maximum atomic E-state index is 12.4. The fourth-order valence-corrected chi connectivity index (χ4v) is 4.89. The Labute approximate surface area is 201 Å². The highest BCUT2D eigenvalue weighted by atomic mass is 35.5. The van der Waals surface area contributed by atoms with E-state index in [2.05, 4.69) is 15.3 Å². The third kappa shape index (κ3) is 5.75. The highest BCUT2D eigenvalue weighted by Crippen LogP contribution is 2.38. The molecule has 1 aliphatic carbocycles. The van der Waals surface area contributed by atoms with Crippen molar-refractivity contribution >= 4 is 34.8 Å². The van der Waals surface area contributed by atoms with Gasteiger partial charge in [-0.05, 0) is 51.3 Å². The van der Waals surface area contributed by atoms with E-state index in [4.69, 9.17) is 21.3 Å². The van der Waals surface area contributed by atoms with Crippen molar-refractivity contribution in [3.05, 3.63) is 51.7 Å². The maximum absolute atomic E-state index is 12.4. The van der Waals surface area contributed by atoms with E-state index in [0.29, 0.717) is 10.8 Å². The molecule has 0 atom stereocenters. The summed E-state index contributed by atoms with van der Waals surface area (Å²) in [6.45, 7) is 5.67. The number of hydrogen-bond acceptors (Lipinski definition) is 7. The molecule has 0 radical (unpaired) electrons. The maximum Gasteiger partial charge on any atom is 0.308 e. The van der Waals surface area contributed by atoms with Crippen molar-refractivity contribution in [2.75, 3.05) is 6.54 Å². The molecule has 0 spiro atoms. The van der Waals surface area contributed by atoms with Gasteiger partial charge in [0.25, 0.3) is 0 Å². The second-order valence-electron chi connectivity index (χ2n) is 8.79. The molecule has 4 rings (SSSR count). The molecule has 2 heterocycles. The fourth-order valence-electron chi connectivity index (χ4n) is 3.54. The molecule has 7 nitrogen and oxygen atoms in total. The lowest BCUT2D eigenvalue weighted by Gasteiger charge is -2.19. The predicted octanol–water partition coefficient (Wildman–Crippen LogP) is 4.41. The Kier molecular flexibility index (Phi) is 6.76. The second kappa shape index (κ2) is 9.57. The van der Waals surface area contributed by atoms with Gasteiger partial charge in [0.1, 0.15) is 10.6 Å². The summed E-state index contributed by atoms with van der Waals surface area (Å²) in [6.07, 6.45) is 3.73. The van der Waals surface area contributed by atoms with Crippen LogP contribution in [0.15, 0.2) is 30.5 Å². The first-order chi connectivity index (χ1) is 15.7. The van der Waals surface area contributed by atoms with Gasteiger partial charge in [-0.25, -0.2) is 15.0 Å². The van der Waals surface area contributed by atoms with Gasteiger partial charge in [0.15, 0.2) is 5.82 Å². The Bertz CT molecular complexity index is 1200. The van der Waals surface area contributed by atoms with Gasteiger partial charge in [-0.3, -0.25) is 9.59 Å². The molecule has 0 aliphatic heterocycles. The highest BCUT2D eigenvalue weighted by molar-refractivity contribution is 7.15. The van der Waals surface area contributed by atoms with E-state index in [0.717, 1.165) is 45.2 Å². The number of nitrogens with one attached hydrogen (secondary N) is 1. The van der Waals surface area contributed by atoms with Crippen LogP contribution in [0, 0.1) is 0 Å². The summed E-state index contributed by atoms with van der Waals surface area (Å²) in [5.74, 6) is 0.0597. The highest BCUT2D eigenvalue weighted by Gasteiger charge is 2.24. The average Bonchev–Trinajstić information content (AvgIpc) is 3.15. The number of aromatic nitrogens is 3. The molecule has 0 unspecified atom stereocenters. The number of halogens is 1. The zero-order valence-corrected chi connectivity index (χ0v) is 20.3. The Morgan fingerprint density at radius 3 is 2.73 bits per heavy atom. The molecule has 172 valence electrons. The average molecular weight is 485 g/mol. The van der Waals surface area contributed by atoms with Crippen molar-refractivity contribution in [2.45, 2.75) is 52.1 Å². The second-order valence-corrected chi connectivity index (χ2v) is 10.3. The van der Waals surface area contributed by atoms with Crippen LogP contribution < -0.4 is 5.32 Å². The van der Waals surface area contributed by atoms with E-state index >= 15 is 0 Å². The van der Waals surface area contributed by atoms with Gasteiger partial charge in [-0.1, -0.05) is 23.7 Å². The van der Waals surface area contributed by atoms with E-state index < -0.39 is 5.60 Å². The Morgan fingerprint density at radius 1 is 1.18 bits per heavy atom. The number of benzene rings is 1. The molecule has 1 N–H and O–H groups in total. The standard InChI is InChI=1S/C24H25ClN4O3S/c1-24(2,3)32-20(31)10-11-26-18(30)12-19-28-17-9-8-14-13-27-23(29-21(14)22(17)33-19)15-6-4-5-7-16(15)25/h4-7,13H,8-12H2,1-3H3,(H,26,30). The van der Waals surface area contributed by atoms with Crippen LogP contribution in [0.4, 0.5) is 0 Å². The molecule has 0 bridgehead atoms. The van der Waals surface area contributed by atoms with Gasteiger partial charge in [-0.15, -0.1) is 11.3 Å². The zero-order chi connectivity index (χ0) is 23.6. The van der Waals surface area contributed by atoms with Crippen LogP contribution in [0.2, 0.25) is 5.02 Å². The van der Waals surface area contributed by atoms with Crippen LogP contribution in [0.25, 0.3) is 22.0 Å². The van der Waals surface area contributed by atoms with Gasteiger partial charge in [-0.2, -0.15) is 0 Å². The minimum atomic E-state index is -0.535. The van der Waals surface area contributed by atoms with E-state index in [9.17, 15) is 9.59 Å². The summed E-state index contributed by atoms with van der Waals surface area (Å²) < 4.78 is 5.25. The van der Waals surface area contributed by atoms with Gasteiger partial charge >= 0.3 is 5.97 Å². The Hall–Kier alpha value is -2.84. The normalized spacial score (nSPS) is 12.6. The Balaban J connectivity index is 1.44. The van der Waals surface area contributed by atoms with Crippen molar-refractivity contribution < 1.29 is 14.3 Å². The molecule has 0 saturated heterocycles. The van der Waals surface area contributed by atoms with Crippen LogP contribution >= 0.6 is 22.9 Å². The van der Waals surface area contributed by atoms with Crippen LogP contribution in [-0.4, -0.2) is 39.0 Å². The first kappa shape index (κ1) is 23.3. The quantitative estimate of drug-likeness (QED) is 0.521. The van der Waals surface area contributed by atoms with Gasteiger partial charge in [0, 0.05) is 18.3 Å². The first-order valence-electron chi connectivity index (χ1n) is 10.8. The molecule has 0 fully saturated rings. The van der Waals surface area contributed by atoms with Crippen LogP contribution in [0.3, 0.4) is 0 Å². The van der Waals surface area contributed by atoms with Crippen molar-refractivity contribution in [3.8, 4) is 22.0 Å². The summed E-state index contributed by atoms with van der Waals surface area (Å²) in [6, 6.07) is 7.49. The lowest BCUT2D eigenvalue weighted by molar-refractivity contribution is -0.154. The van der Waals surface area contributed by atoms with Crippen LogP contribution in [0.5, 0.6) is 0 Å². The summed E-state index contributed by atoms with van der Waals surface area (Å²) in [7, 11) is 0. The fraction of sp³-hybridized carbons (Fsp3) is 0.375. The summed E-state index contributed by atoms with van der Waals surface area (Å²) >= 11 is 7.81. The lowest BCUT2D eigenvalue weighted by atomic mass is 9.99. The monoisotopic (exact) mass is 484 g/mol. The van der Waals surface area contributed by atoms with Crippen molar-refractivity contribution in [3.63, 3.8) is 0 Å². The first-order valence-corrected chi connectivity index (χ1v) is 12.0. The van der Waals surface area contributed by atoms with Crippen molar-refractivity contribution in [2.24, 2.45) is 0 Å². The third-order valence-corrected chi connectivity index (χ3v) is 6.38. The predicted molar refractivity (Wildman–Crippen MR) is 128 cm³/mol. The number of thiazole rings is 1. The molecular formula is C24H25ClN4O3S. The van der Waals surface area contributed by atoms with E-state index in [-0.39, 0.29) is 31.3 Å². The molecule has 3 aromatic rings. The largest absolute Gasteiger partial charge is 0.460 e. The van der Waals surface area contributed by atoms with Crippen molar-refractivity contribution in [1.82, 2.24) is 20.3 Å². The zero-order valence-electron chi connectivity index (χ0n) is 18.8. The molecule has 9 heteroatoms.